The van der Waals surface area contributed by atoms with Crippen LogP contribution in [0.15, 0.2) is 24.3 Å². The highest BCUT2D eigenvalue weighted by Crippen LogP contribution is 2.25. The van der Waals surface area contributed by atoms with Gasteiger partial charge in [0.05, 0.1) is 17.3 Å². The molecule has 11 heteroatoms. The Labute approximate surface area is 156 Å². The number of fused-ring (bicyclic) bond motifs is 1. The van der Waals surface area contributed by atoms with Crippen molar-refractivity contribution in [2.75, 3.05) is 20.3 Å². The Hall–Kier alpha value is -2.53. The molecule has 0 saturated carbocycles. The van der Waals surface area contributed by atoms with Gasteiger partial charge in [0.2, 0.25) is 0 Å². The molecule has 2 atom stereocenters. The molecular weight excluding hydrogens is 385 g/mol. The number of nitrogens with zero attached hydrogens (tertiary/aromatic N) is 3. The minimum Gasteiger partial charge on any atom is -0.312 e. The van der Waals surface area contributed by atoms with Gasteiger partial charge in [-0.3, -0.25) is 9.59 Å². The van der Waals surface area contributed by atoms with Gasteiger partial charge in [-0.25, -0.2) is 19.6 Å². The number of hydrogen-bond acceptors (Lipinski definition) is 5. The van der Waals surface area contributed by atoms with Gasteiger partial charge in [0, 0.05) is 0 Å². The van der Waals surface area contributed by atoms with E-state index < -0.39 is 30.6 Å². The molecule has 0 bridgehead atoms. The second-order valence-corrected chi connectivity index (χ2v) is 7.33. The minimum absolute atomic E-state index is 0.0715. The Balaban J connectivity index is 1.74. The number of hydrogen-bond donors (Lipinski definition) is 1. The van der Waals surface area contributed by atoms with E-state index in [1.54, 1.807) is 7.05 Å². The molecular formula is C16H16F3N4O3S+. The molecule has 2 aromatic rings. The maximum atomic E-state index is 12.5. The maximum Gasteiger partial charge on any atom is 0.406 e. The molecule has 3 rings (SSSR count). The quantitative estimate of drug-likeness (QED) is 0.603. The third-order valence-corrected chi connectivity index (χ3v) is 5.52. The number of alkyl halides is 3. The SMILES string of the molecule is C[C@H](c1nc2ccccc2s1)[NH+](C)CN1C(=O)C(=O)N(CC(F)(F)F)C1=O. The molecule has 1 aliphatic rings. The van der Waals surface area contributed by atoms with Crippen LogP contribution in [-0.4, -0.2) is 59.1 Å². The fourth-order valence-corrected chi connectivity index (χ4v) is 3.79. The summed E-state index contributed by atoms with van der Waals surface area (Å²) in [5, 5.41) is 0.756. The Morgan fingerprint density at radius 2 is 1.78 bits per heavy atom. The lowest BCUT2D eigenvalue weighted by Gasteiger charge is -2.24. The summed E-state index contributed by atoms with van der Waals surface area (Å²) < 4.78 is 38.6. The van der Waals surface area contributed by atoms with E-state index in [1.807, 2.05) is 31.2 Å². The number of halogens is 3. The average molecular weight is 401 g/mol. The number of quaternary nitrogens is 1. The van der Waals surface area contributed by atoms with Crippen LogP contribution in [0.3, 0.4) is 0 Å². The number of rotatable bonds is 5. The highest BCUT2D eigenvalue weighted by molar-refractivity contribution is 7.18. The largest absolute Gasteiger partial charge is 0.406 e. The molecule has 1 aromatic heterocycles. The van der Waals surface area contributed by atoms with Crippen molar-refractivity contribution in [3.05, 3.63) is 29.3 Å². The van der Waals surface area contributed by atoms with Gasteiger partial charge in [-0.15, -0.1) is 11.3 Å². The van der Waals surface area contributed by atoms with Crippen molar-refractivity contribution in [2.24, 2.45) is 0 Å². The normalized spacial score (nSPS) is 17.9. The summed E-state index contributed by atoms with van der Waals surface area (Å²) in [6, 6.07) is 6.02. The van der Waals surface area contributed by atoms with Crippen LogP contribution in [0.5, 0.6) is 0 Å². The molecule has 4 amide bonds. The number of nitrogens with one attached hydrogen (secondary N) is 1. The molecule has 1 N–H and O–H groups in total. The predicted octanol–water partition coefficient (Wildman–Crippen LogP) is 1.18. The molecule has 1 saturated heterocycles. The van der Waals surface area contributed by atoms with Gasteiger partial charge in [0.15, 0.2) is 11.7 Å². The van der Waals surface area contributed by atoms with Gasteiger partial charge >= 0.3 is 24.0 Å². The summed E-state index contributed by atoms with van der Waals surface area (Å²) in [5.41, 5.74) is 0.817. The molecule has 27 heavy (non-hydrogen) atoms. The fraction of sp³-hybridized carbons (Fsp3) is 0.375. The van der Waals surface area contributed by atoms with Gasteiger partial charge in [-0.1, -0.05) is 12.1 Å². The Kier molecular flexibility index (Phi) is 4.91. The van der Waals surface area contributed by atoms with Crippen LogP contribution >= 0.6 is 11.3 Å². The first kappa shape index (κ1) is 19.2. The van der Waals surface area contributed by atoms with Crippen molar-refractivity contribution in [2.45, 2.75) is 19.1 Å². The third-order valence-electron chi connectivity index (χ3n) is 4.30. The van der Waals surface area contributed by atoms with Crippen LogP contribution in [0, 0.1) is 0 Å². The lowest BCUT2D eigenvalue weighted by Crippen LogP contribution is -3.10. The second-order valence-electron chi connectivity index (χ2n) is 6.27. The first-order valence-corrected chi connectivity index (χ1v) is 8.82. The van der Waals surface area contributed by atoms with Gasteiger partial charge in [0.1, 0.15) is 12.6 Å². The smallest absolute Gasteiger partial charge is 0.312 e. The second kappa shape index (κ2) is 6.89. The van der Waals surface area contributed by atoms with E-state index in [9.17, 15) is 27.6 Å². The molecule has 144 valence electrons. The summed E-state index contributed by atoms with van der Waals surface area (Å²) in [6.45, 7) is -0.193. The van der Waals surface area contributed by atoms with Crippen LogP contribution in [0.2, 0.25) is 0 Å². The topological polar surface area (TPSA) is 75.0 Å². The number of aromatic nitrogens is 1. The summed E-state index contributed by atoms with van der Waals surface area (Å²) in [6.07, 6.45) is -4.77. The summed E-state index contributed by atoms with van der Waals surface area (Å²) in [5.74, 6) is -2.71. The van der Waals surface area contributed by atoms with Gasteiger partial charge in [-0.05, 0) is 19.1 Å². The summed E-state index contributed by atoms with van der Waals surface area (Å²) in [7, 11) is 1.67. The van der Waals surface area contributed by atoms with Gasteiger partial charge in [-0.2, -0.15) is 13.2 Å². The monoisotopic (exact) mass is 401 g/mol. The van der Waals surface area contributed by atoms with E-state index in [1.165, 1.54) is 11.3 Å². The van der Waals surface area contributed by atoms with Crippen molar-refractivity contribution in [3.8, 4) is 0 Å². The standard InChI is InChI=1S/C16H15F3N4O3S/c1-9(12-20-10-5-3-4-6-11(10)27-12)21(2)8-23-14(25)13(24)22(15(23)26)7-16(17,18)19/h3-6,9H,7-8H2,1-2H3/p+1/t9-/m1/s1. The van der Waals surface area contributed by atoms with Crippen molar-refractivity contribution in [3.63, 3.8) is 0 Å². The number of carbonyl (C=O) groups is 3. The number of para-hydroxylation sites is 1. The van der Waals surface area contributed by atoms with Gasteiger partial charge < -0.3 is 4.90 Å². The number of amides is 4. The maximum absolute atomic E-state index is 12.5. The lowest BCUT2D eigenvalue weighted by molar-refractivity contribution is -0.917. The molecule has 0 radical (unpaired) electrons. The summed E-state index contributed by atoms with van der Waals surface area (Å²) in [4.78, 5) is 41.4. The first-order valence-electron chi connectivity index (χ1n) is 8.00. The molecule has 1 fully saturated rings. The van der Waals surface area contributed by atoms with Crippen LogP contribution in [0.4, 0.5) is 18.0 Å². The number of urea groups is 1. The highest BCUT2D eigenvalue weighted by atomic mass is 32.1. The Morgan fingerprint density at radius 1 is 1.15 bits per heavy atom. The molecule has 2 heterocycles. The van der Waals surface area contributed by atoms with E-state index >= 15 is 0 Å². The van der Waals surface area contributed by atoms with Crippen molar-refractivity contribution < 1.29 is 32.5 Å². The minimum atomic E-state index is -4.77. The van der Waals surface area contributed by atoms with Gasteiger partial charge in [0.25, 0.3) is 0 Å². The Bertz CT molecular complexity index is 881. The van der Waals surface area contributed by atoms with E-state index in [2.05, 4.69) is 4.98 Å². The van der Waals surface area contributed by atoms with Crippen LogP contribution in [0.1, 0.15) is 18.0 Å². The summed E-state index contributed by atoms with van der Waals surface area (Å²) >= 11 is 1.46. The molecule has 7 nitrogen and oxygen atoms in total. The molecule has 1 unspecified atom stereocenters. The fourth-order valence-electron chi connectivity index (χ4n) is 2.68. The van der Waals surface area contributed by atoms with Crippen molar-refractivity contribution in [1.29, 1.82) is 0 Å². The van der Waals surface area contributed by atoms with E-state index in [0.29, 0.717) is 9.80 Å². The molecule has 1 aliphatic heterocycles. The van der Waals surface area contributed by atoms with Crippen LogP contribution < -0.4 is 4.90 Å². The highest BCUT2D eigenvalue weighted by Gasteiger charge is 2.50. The van der Waals surface area contributed by atoms with Crippen molar-refractivity contribution >= 4 is 39.4 Å². The van der Waals surface area contributed by atoms with Crippen LogP contribution in [-0.2, 0) is 9.59 Å². The third kappa shape index (κ3) is 3.78. The van der Waals surface area contributed by atoms with Crippen molar-refractivity contribution in [1.82, 2.24) is 14.8 Å². The molecule has 0 aliphatic carbocycles. The predicted molar refractivity (Wildman–Crippen MR) is 89.8 cm³/mol. The number of carbonyl (C=O) groups excluding carboxylic acids is 3. The zero-order valence-electron chi connectivity index (χ0n) is 14.4. The van der Waals surface area contributed by atoms with E-state index in [0.717, 1.165) is 15.2 Å². The number of benzene rings is 1. The van der Waals surface area contributed by atoms with E-state index in [-0.39, 0.29) is 17.6 Å². The molecule has 1 aromatic carbocycles. The number of imide groups is 2. The zero-order chi connectivity index (χ0) is 19.9. The first-order chi connectivity index (χ1) is 12.6. The molecule has 0 spiro atoms. The number of thiazole rings is 1. The average Bonchev–Trinajstić information content (AvgIpc) is 3.11. The van der Waals surface area contributed by atoms with Crippen LogP contribution in [0.25, 0.3) is 10.2 Å². The zero-order valence-corrected chi connectivity index (χ0v) is 15.2. The van der Waals surface area contributed by atoms with E-state index in [4.69, 9.17) is 0 Å². The Morgan fingerprint density at radius 3 is 2.41 bits per heavy atom. The lowest BCUT2D eigenvalue weighted by atomic mass is 10.3.